The van der Waals surface area contributed by atoms with E-state index in [-0.39, 0.29) is 12.2 Å². The summed E-state index contributed by atoms with van der Waals surface area (Å²) < 4.78 is 27.3. The summed E-state index contributed by atoms with van der Waals surface area (Å²) in [5, 5.41) is 27.7. The fourth-order valence-electron chi connectivity index (χ4n) is 6.58. The number of ether oxygens (including phenoxy) is 4. The highest BCUT2D eigenvalue weighted by Gasteiger charge is 2.53. The fraction of sp³-hybridized carbons (Fsp3) is 0.643. The Bertz CT molecular complexity index is 1080. The van der Waals surface area contributed by atoms with Crippen LogP contribution in [0.1, 0.15) is 101 Å². The van der Waals surface area contributed by atoms with Gasteiger partial charge in [0.15, 0.2) is 23.8 Å². The molecule has 2 aliphatic carbocycles. The molecular weight excluding hydrogens is 460 g/mol. The van der Waals surface area contributed by atoms with Crippen LogP contribution in [0.25, 0.3) is 11.4 Å². The van der Waals surface area contributed by atoms with E-state index in [0.29, 0.717) is 22.8 Å². The van der Waals surface area contributed by atoms with Gasteiger partial charge in [-0.25, -0.2) is 0 Å². The van der Waals surface area contributed by atoms with Crippen molar-refractivity contribution in [3.8, 4) is 11.4 Å². The van der Waals surface area contributed by atoms with Gasteiger partial charge in [-0.2, -0.15) is 9.46 Å². The van der Waals surface area contributed by atoms with Crippen molar-refractivity contribution in [3.63, 3.8) is 0 Å². The van der Waals surface area contributed by atoms with Gasteiger partial charge in [-0.3, -0.25) is 0 Å². The predicted octanol–water partition coefficient (Wildman–Crippen LogP) is 4.46. The van der Waals surface area contributed by atoms with Crippen LogP contribution in [0, 0.1) is 10.4 Å². The predicted molar refractivity (Wildman–Crippen MR) is 130 cm³/mol. The summed E-state index contributed by atoms with van der Waals surface area (Å²) in [5.74, 6) is -1.33. The lowest BCUT2D eigenvalue weighted by molar-refractivity contribution is -0.639. The van der Waals surface area contributed by atoms with Crippen molar-refractivity contribution in [2.75, 3.05) is 0 Å². The highest BCUT2D eigenvalue weighted by molar-refractivity contribution is 5.50. The monoisotopic (exact) mass is 496 g/mol. The van der Waals surface area contributed by atoms with Crippen LogP contribution in [0.2, 0.25) is 0 Å². The lowest BCUT2D eigenvalue weighted by Gasteiger charge is -2.26. The van der Waals surface area contributed by atoms with E-state index in [2.05, 4.69) is 0 Å². The fourth-order valence-corrected chi connectivity index (χ4v) is 6.58. The average Bonchev–Trinajstić information content (AvgIpc) is 3.48. The minimum Gasteiger partial charge on any atom is -0.618 e. The summed E-state index contributed by atoms with van der Waals surface area (Å²) in [5.41, 5.74) is 3.69. The Kier molecular flexibility index (Phi) is 5.79. The molecule has 2 fully saturated rings. The smallest absolute Gasteiger partial charge is 0.290 e. The van der Waals surface area contributed by atoms with Crippen LogP contribution in [0.5, 0.6) is 0 Å². The van der Waals surface area contributed by atoms with Crippen molar-refractivity contribution in [1.82, 2.24) is 0 Å². The second kappa shape index (κ2) is 8.65. The molecule has 0 N–H and O–H groups in total. The molecule has 2 aliphatic heterocycles. The molecule has 2 saturated heterocycles. The summed E-state index contributed by atoms with van der Waals surface area (Å²) in [6.45, 7) is 8.19. The third-order valence-corrected chi connectivity index (χ3v) is 8.86. The van der Waals surface area contributed by atoms with Crippen molar-refractivity contribution in [3.05, 3.63) is 57.2 Å². The molecular formula is C28H36N2O6. The van der Waals surface area contributed by atoms with Crippen LogP contribution in [0.15, 0.2) is 24.3 Å². The maximum Gasteiger partial charge on any atom is 0.290 e. The zero-order valence-corrected chi connectivity index (χ0v) is 21.6. The van der Waals surface area contributed by atoms with Crippen LogP contribution < -0.4 is 9.46 Å². The molecule has 0 spiro atoms. The largest absolute Gasteiger partial charge is 0.618 e. The Morgan fingerprint density at radius 1 is 0.667 bits per heavy atom. The molecule has 4 atom stereocenters. The first-order valence-electron chi connectivity index (χ1n) is 13.6. The van der Waals surface area contributed by atoms with E-state index in [1.54, 1.807) is 12.1 Å². The van der Waals surface area contributed by atoms with E-state index >= 15 is 0 Å². The summed E-state index contributed by atoms with van der Waals surface area (Å²) in [6, 6.07) is 7.46. The van der Waals surface area contributed by atoms with E-state index in [4.69, 9.17) is 18.9 Å². The van der Waals surface area contributed by atoms with Gasteiger partial charge in [-0.05, 0) is 63.5 Å². The zero-order valence-electron chi connectivity index (χ0n) is 21.6. The minimum absolute atomic E-state index is 0.156. The quantitative estimate of drug-likeness (QED) is 0.448. The second-order valence-electron chi connectivity index (χ2n) is 10.5. The number of fused-ring (bicyclic) bond motifs is 6. The van der Waals surface area contributed by atoms with Gasteiger partial charge in [-0.1, -0.05) is 27.7 Å². The van der Waals surface area contributed by atoms with Gasteiger partial charge < -0.3 is 29.4 Å². The van der Waals surface area contributed by atoms with Gasteiger partial charge in [0.2, 0.25) is 11.4 Å². The zero-order chi connectivity index (χ0) is 25.2. The third-order valence-electron chi connectivity index (χ3n) is 8.86. The second-order valence-corrected chi connectivity index (χ2v) is 10.5. The van der Waals surface area contributed by atoms with Crippen molar-refractivity contribution in [1.29, 1.82) is 0 Å². The minimum atomic E-state index is -0.663. The van der Waals surface area contributed by atoms with Gasteiger partial charge in [0, 0.05) is 23.3 Å². The number of aryl methyl sites for hydroxylation is 2. The van der Waals surface area contributed by atoms with Gasteiger partial charge in [0.1, 0.15) is 0 Å². The first-order valence-corrected chi connectivity index (χ1v) is 13.6. The Hall–Kier alpha value is -2.26. The van der Waals surface area contributed by atoms with Crippen LogP contribution in [0.3, 0.4) is 0 Å². The Morgan fingerprint density at radius 2 is 1.06 bits per heavy atom. The summed E-state index contributed by atoms with van der Waals surface area (Å²) in [7, 11) is 0. The van der Waals surface area contributed by atoms with E-state index in [9.17, 15) is 10.4 Å². The number of pyridine rings is 2. The first kappa shape index (κ1) is 24.1. The van der Waals surface area contributed by atoms with E-state index in [1.807, 2.05) is 39.8 Å². The topological polar surface area (TPSA) is 90.8 Å². The molecule has 0 radical (unpaired) electrons. The lowest BCUT2D eigenvalue weighted by Crippen LogP contribution is -2.47. The van der Waals surface area contributed by atoms with Crippen molar-refractivity contribution < 1.29 is 28.4 Å². The molecule has 2 aromatic rings. The normalized spacial score (nSPS) is 29.3. The van der Waals surface area contributed by atoms with Crippen molar-refractivity contribution in [2.24, 2.45) is 0 Å². The maximum absolute atomic E-state index is 13.9. The molecule has 8 nitrogen and oxygen atoms in total. The summed E-state index contributed by atoms with van der Waals surface area (Å²) >= 11 is 0. The molecule has 194 valence electrons. The lowest BCUT2D eigenvalue weighted by atomic mass is 9.90. The molecule has 4 heterocycles. The Balaban J connectivity index is 1.42. The van der Waals surface area contributed by atoms with Gasteiger partial charge in [0.25, 0.3) is 11.4 Å². The van der Waals surface area contributed by atoms with Crippen LogP contribution in [0.4, 0.5) is 0 Å². The molecule has 0 bridgehead atoms. The highest BCUT2D eigenvalue weighted by atomic mass is 16.8. The Labute approximate surface area is 212 Å². The van der Waals surface area contributed by atoms with Crippen LogP contribution >= 0.6 is 0 Å². The molecule has 6 rings (SSSR count). The average molecular weight is 497 g/mol. The maximum atomic E-state index is 13.9. The van der Waals surface area contributed by atoms with E-state index < -0.39 is 23.8 Å². The SMILES string of the molecule is CCC1(CC)O[C@H]2CCc3ccc(-c4ccc5c([n+]4[O-])[C@H]4OC(CC)(CC)O[C@H]4CC5)[n+]([O-])c3[C@H]2O1. The van der Waals surface area contributed by atoms with Crippen molar-refractivity contribution >= 4 is 0 Å². The number of rotatable bonds is 5. The molecule has 0 aromatic carbocycles. The standard InChI is InChI=1S/C28H36N2O6/c1-5-27(6-2)33-21-15-11-17-9-13-19(29(31)23(17)25(21)35-27)20-14-10-18-12-16-22-26(24(18)30(20)32)36-28(7-3,8-4)34-22/h9-10,13-14,21-22,25-26H,5-8,11-12,15-16H2,1-4H3/t21-,22-,25-,26-/m0/s1. The van der Waals surface area contributed by atoms with E-state index in [0.717, 1.165) is 72.0 Å². The van der Waals surface area contributed by atoms with Gasteiger partial charge in [-0.15, -0.1) is 0 Å². The van der Waals surface area contributed by atoms with Crippen LogP contribution in [-0.4, -0.2) is 23.8 Å². The number of nitrogens with zero attached hydrogens (tertiary/aromatic N) is 2. The molecule has 8 heteroatoms. The number of aromatic nitrogens is 2. The summed E-state index contributed by atoms with van der Waals surface area (Å²) in [4.78, 5) is 0. The molecule has 0 unspecified atom stereocenters. The van der Waals surface area contributed by atoms with Crippen molar-refractivity contribution in [2.45, 2.75) is 115 Å². The molecule has 36 heavy (non-hydrogen) atoms. The summed E-state index contributed by atoms with van der Waals surface area (Å²) in [6.07, 6.45) is 4.82. The molecule has 0 saturated carbocycles. The van der Waals surface area contributed by atoms with E-state index in [1.165, 1.54) is 0 Å². The number of hydrogen-bond acceptors (Lipinski definition) is 6. The van der Waals surface area contributed by atoms with Gasteiger partial charge in [0.05, 0.1) is 12.2 Å². The van der Waals surface area contributed by atoms with Crippen LogP contribution in [-0.2, 0) is 31.8 Å². The molecule has 4 aliphatic rings. The Morgan fingerprint density at radius 3 is 1.42 bits per heavy atom. The first-order chi connectivity index (χ1) is 17.4. The molecule has 0 amide bonds. The van der Waals surface area contributed by atoms with Gasteiger partial charge >= 0.3 is 0 Å². The third kappa shape index (κ3) is 3.41. The number of hydrogen-bond donors (Lipinski definition) is 0. The molecule has 2 aromatic heterocycles. The highest BCUT2D eigenvalue weighted by Crippen LogP contribution is 2.48.